The summed E-state index contributed by atoms with van der Waals surface area (Å²) >= 11 is 0. The Kier molecular flexibility index (Phi) is 6.91. The minimum Gasteiger partial charge on any atom is -0.429 e. The molecule has 0 saturated heterocycles. The van der Waals surface area contributed by atoms with Gasteiger partial charge in [-0.2, -0.15) is 8.78 Å². The van der Waals surface area contributed by atoms with Gasteiger partial charge in [0.25, 0.3) is 0 Å². The van der Waals surface area contributed by atoms with Crippen LogP contribution in [0.25, 0.3) is 22.3 Å². The predicted molar refractivity (Wildman–Crippen MR) is 134 cm³/mol. The molecule has 4 aromatic rings. The van der Waals surface area contributed by atoms with Gasteiger partial charge in [0.2, 0.25) is 0 Å². The van der Waals surface area contributed by atoms with Gasteiger partial charge in [0.15, 0.2) is 0 Å². The van der Waals surface area contributed by atoms with Crippen LogP contribution in [0, 0.1) is 41.9 Å². The third-order valence-corrected chi connectivity index (χ3v) is 7.25. The molecule has 0 fully saturated rings. The molecule has 202 valence electrons. The van der Waals surface area contributed by atoms with Crippen molar-refractivity contribution in [2.24, 2.45) is 5.92 Å². The zero-order valence-corrected chi connectivity index (χ0v) is 21.0. The van der Waals surface area contributed by atoms with E-state index < -0.39 is 52.1 Å². The lowest BCUT2D eigenvalue weighted by Crippen LogP contribution is -2.25. The van der Waals surface area contributed by atoms with Crippen LogP contribution >= 0.6 is 0 Å². The van der Waals surface area contributed by atoms with Gasteiger partial charge < -0.3 is 4.74 Å². The highest BCUT2D eigenvalue weighted by Crippen LogP contribution is 2.39. The summed E-state index contributed by atoms with van der Waals surface area (Å²) in [7, 11) is 0. The second-order valence-corrected chi connectivity index (χ2v) is 9.81. The van der Waals surface area contributed by atoms with Crippen LogP contribution in [0.1, 0.15) is 35.6 Å². The fraction of sp³-hybridized carbons (Fsp3) is 0.226. The molecule has 1 nitrogen and oxygen atoms in total. The highest BCUT2D eigenvalue weighted by atomic mass is 19.3. The zero-order valence-electron chi connectivity index (χ0n) is 21.0. The van der Waals surface area contributed by atoms with Gasteiger partial charge >= 0.3 is 6.11 Å². The highest BCUT2D eigenvalue weighted by molar-refractivity contribution is 5.72. The van der Waals surface area contributed by atoms with Gasteiger partial charge in [-0.15, -0.1) is 0 Å². The smallest absolute Gasteiger partial charge is 0.429 e. The van der Waals surface area contributed by atoms with Crippen molar-refractivity contribution in [3.05, 3.63) is 112 Å². The second-order valence-electron chi connectivity index (χ2n) is 9.81. The Morgan fingerprint density at radius 1 is 0.692 bits per heavy atom. The molecule has 0 amide bonds. The summed E-state index contributed by atoms with van der Waals surface area (Å²) in [4.78, 5) is 0. The van der Waals surface area contributed by atoms with E-state index in [2.05, 4.69) is 11.7 Å². The maximum atomic E-state index is 15.1. The molecule has 8 heteroatoms. The van der Waals surface area contributed by atoms with E-state index in [4.69, 9.17) is 0 Å². The Hall–Kier alpha value is -3.81. The summed E-state index contributed by atoms with van der Waals surface area (Å²) in [5.41, 5.74) is 1.14. The third-order valence-electron chi connectivity index (χ3n) is 7.25. The number of alkyl halides is 2. The Morgan fingerprint density at radius 3 is 1.87 bits per heavy atom. The standard InChI is InChI=1S/C31H23F7O/c1-3-17-8-18-4-5-19(10-21(18)9-17)20-6-7-24(27(34)11-20)22-12-28(35)30(29(36)13-22)31(37,38)39-23-14-25(32)16(2)26(33)15-23/h4-7,10-15,17H,3,8-9H2,1-2H3. The average molecular weight is 545 g/mol. The maximum Gasteiger partial charge on any atom is 0.432 e. The molecule has 1 unspecified atom stereocenters. The van der Waals surface area contributed by atoms with Crippen molar-refractivity contribution in [1.82, 2.24) is 0 Å². The molecule has 1 atom stereocenters. The van der Waals surface area contributed by atoms with E-state index in [-0.39, 0.29) is 11.1 Å². The predicted octanol–water partition coefficient (Wildman–Crippen LogP) is 9.28. The van der Waals surface area contributed by atoms with Gasteiger partial charge in [-0.3, -0.25) is 0 Å². The first-order valence-electron chi connectivity index (χ1n) is 12.4. The number of halogens is 7. The first kappa shape index (κ1) is 26.8. The van der Waals surface area contributed by atoms with Crippen LogP contribution in [0.5, 0.6) is 5.75 Å². The molecule has 4 aromatic carbocycles. The summed E-state index contributed by atoms with van der Waals surface area (Å²) in [5.74, 6) is -6.92. The molecule has 0 aliphatic heterocycles. The van der Waals surface area contributed by atoms with Crippen LogP contribution in [0.2, 0.25) is 0 Å². The molecule has 0 saturated carbocycles. The van der Waals surface area contributed by atoms with Crippen LogP contribution in [0.15, 0.2) is 60.7 Å². The molecule has 0 radical (unpaired) electrons. The fourth-order valence-electron chi connectivity index (χ4n) is 4.99. The normalized spacial score (nSPS) is 14.9. The largest absolute Gasteiger partial charge is 0.432 e. The maximum absolute atomic E-state index is 15.1. The van der Waals surface area contributed by atoms with Crippen LogP contribution < -0.4 is 4.74 Å². The molecule has 0 N–H and O–H groups in total. The zero-order chi connectivity index (χ0) is 28.1. The topological polar surface area (TPSA) is 9.23 Å². The van der Waals surface area contributed by atoms with E-state index in [9.17, 15) is 26.3 Å². The molecular formula is C31H23F7O. The third kappa shape index (κ3) is 5.12. The Balaban J connectivity index is 1.43. The van der Waals surface area contributed by atoms with Crippen molar-refractivity contribution in [2.75, 3.05) is 0 Å². The molecule has 0 spiro atoms. The SMILES string of the molecule is CCC1Cc2ccc(-c3ccc(-c4cc(F)c(C(F)(F)Oc5cc(F)c(C)c(F)c5)c(F)c4)c(F)c3)cc2C1. The van der Waals surface area contributed by atoms with Crippen molar-refractivity contribution < 1.29 is 35.5 Å². The summed E-state index contributed by atoms with van der Waals surface area (Å²) in [6, 6.07) is 12.2. The van der Waals surface area contributed by atoms with Crippen LogP contribution in [0.3, 0.4) is 0 Å². The minimum absolute atomic E-state index is 0.192. The minimum atomic E-state index is -4.62. The molecule has 5 rings (SSSR count). The molecule has 0 aromatic heterocycles. The van der Waals surface area contributed by atoms with Gasteiger partial charge in [-0.25, -0.2) is 22.0 Å². The summed E-state index contributed by atoms with van der Waals surface area (Å²) < 4.78 is 106. The van der Waals surface area contributed by atoms with E-state index in [0.29, 0.717) is 35.7 Å². The van der Waals surface area contributed by atoms with Gasteiger partial charge in [0, 0.05) is 23.3 Å². The summed E-state index contributed by atoms with van der Waals surface area (Å²) in [5, 5.41) is 0. The van der Waals surface area contributed by atoms with Crippen molar-refractivity contribution in [3.8, 4) is 28.0 Å². The number of hydrogen-bond acceptors (Lipinski definition) is 1. The lowest BCUT2D eigenvalue weighted by Gasteiger charge is -2.20. The van der Waals surface area contributed by atoms with Gasteiger partial charge in [0.05, 0.1) is 0 Å². The van der Waals surface area contributed by atoms with Gasteiger partial charge in [0.1, 0.15) is 40.4 Å². The summed E-state index contributed by atoms with van der Waals surface area (Å²) in [6.07, 6.45) is -1.59. The molecule has 1 aliphatic rings. The van der Waals surface area contributed by atoms with Crippen molar-refractivity contribution in [1.29, 1.82) is 0 Å². The number of hydrogen-bond donors (Lipinski definition) is 0. The number of ether oxygens (including phenoxy) is 1. The highest BCUT2D eigenvalue weighted by Gasteiger charge is 2.41. The number of benzene rings is 4. The number of rotatable bonds is 6. The monoisotopic (exact) mass is 544 g/mol. The van der Waals surface area contributed by atoms with Gasteiger partial charge in [-0.05, 0) is 71.7 Å². The fourth-order valence-corrected chi connectivity index (χ4v) is 4.99. The van der Waals surface area contributed by atoms with E-state index in [1.54, 1.807) is 6.07 Å². The van der Waals surface area contributed by atoms with Crippen LogP contribution in [-0.4, -0.2) is 0 Å². The second kappa shape index (κ2) is 10.1. The van der Waals surface area contributed by atoms with Crippen molar-refractivity contribution >= 4 is 0 Å². The Labute approximate surface area is 220 Å². The van der Waals surface area contributed by atoms with E-state index in [0.717, 1.165) is 31.7 Å². The van der Waals surface area contributed by atoms with E-state index in [1.807, 2.05) is 18.2 Å². The lowest BCUT2D eigenvalue weighted by atomic mass is 9.96. The van der Waals surface area contributed by atoms with E-state index in [1.165, 1.54) is 23.3 Å². The number of fused-ring (bicyclic) bond motifs is 1. The van der Waals surface area contributed by atoms with Crippen LogP contribution in [-0.2, 0) is 19.0 Å². The first-order valence-corrected chi connectivity index (χ1v) is 12.4. The molecule has 0 bridgehead atoms. The molecule has 1 aliphatic carbocycles. The van der Waals surface area contributed by atoms with Crippen molar-refractivity contribution in [2.45, 2.75) is 39.2 Å². The average Bonchev–Trinajstić information content (AvgIpc) is 3.29. The van der Waals surface area contributed by atoms with Crippen LogP contribution in [0.4, 0.5) is 30.7 Å². The Bertz CT molecular complexity index is 1530. The quantitative estimate of drug-likeness (QED) is 0.220. The lowest BCUT2D eigenvalue weighted by molar-refractivity contribution is -0.189. The first-order chi connectivity index (χ1) is 18.5. The molecule has 0 heterocycles. The molecular weight excluding hydrogens is 521 g/mol. The summed E-state index contributed by atoms with van der Waals surface area (Å²) in [6.45, 7) is 3.23. The molecule has 39 heavy (non-hydrogen) atoms. The van der Waals surface area contributed by atoms with Gasteiger partial charge in [-0.1, -0.05) is 43.7 Å². The Morgan fingerprint density at radius 2 is 1.26 bits per heavy atom. The van der Waals surface area contributed by atoms with Crippen molar-refractivity contribution in [3.63, 3.8) is 0 Å². The van der Waals surface area contributed by atoms with E-state index >= 15 is 4.39 Å².